The lowest BCUT2D eigenvalue weighted by Crippen LogP contribution is -2.14. The molecule has 34 heavy (non-hydrogen) atoms. The Labute approximate surface area is 204 Å². The average molecular weight is 473 g/mol. The number of methoxy groups -OCH3 is 1. The van der Waals surface area contributed by atoms with Crippen molar-refractivity contribution in [3.63, 3.8) is 0 Å². The molecule has 0 fully saturated rings. The summed E-state index contributed by atoms with van der Waals surface area (Å²) in [6.45, 7) is 6.34. The van der Waals surface area contributed by atoms with E-state index in [4.69, 9.17) is 4.74 Å². The molecular weight excluding hydrogens is 444 g/mol. The normalized spacial score (nSPS) is 11.0. The van der Waals surface area contributed by atoms with Crippen molar-refractivity contribution in [2.75, 3.05) is 18.2 Å². The Morgan fingerprint density at radius 3 is 2.41 bits per heavy atom. The summed E-state index contributed by atoms with van der Waals surface area (Å²) in [5.41, 5.74) is 5.02. The highest BCUT2D eigenvalue weighted by atomic mass is 32.2. The molecule has 7 heteroatoms. The first kappa shape index (κ1) is 23.6. The maximum Gasteiger partial charge on any atom is 0.234 e. The van der Waals surface area contributed by atoms with Crippen LogP contribution in [0.1, 0.15) is 30.9 Å². The fourth-order valence-corrected chi connectivity index (χ4v) is 4.33. The van der Waals surface area contributed by atoms with Gasteiger partial charge in [-0.1, -0.05) is 61.5 Å². The molecule has 0 aliphatic rings. The van der Waals surface area contributed by atoms with Crippen molar-refractivity contribution in [1.82, 2.24) is 14.8 Å². The largest absolute Gasteiger partial charge is 0.497 e. The van der Waals surface area contributed by atoms with E-state index in [1.165, 1.54) is 17.3 Å². The predicted molar refractivity (Wildman–Crippen MR) is 138 cm³/mol. The number of aryl methyl sites for hydroxylation is 1. The molecule has 0 aliphatic carbocycles. The van der Waals surface area contributed by atoms with Gasteiger partial charge >= 0.3 is 0 Å². The summed E-state index contributed by atoms with van der Waals surface area (Å²) in [7, 11) is 1.64. The van der Waals surface area contributed by atoms with Crippen molar-refractivity contribution in [2.45, 2.75) is 31.8 Å². The highest BCUT2D eigenvalue weighted by Crippen LogP contribution is 2.29. The van der Waals surface area contributed by atoms with Gasteiger partial charge in [0.15, 0.2) is 11.0 Å². The molecule has 0 spiro atoms. The number of nitrogens with zero attached hydrogens (tertiary/aromatic N) is 3. The molecule has 174 valence electrons. The van der Waals surface area contributed by atoms with Crippen LogP contribution in [0.4, 0.5) is 5.69 Å². The lowest BCUT2D eigenvalue weighted by Gasteiger charge is -2.12. The minimum absolute atomic E-state index is 0.0938. The summed E-state index contributed by atoms with van der Waals surface area (Å²) in [4.78, 5) is 12.7. The van der Waals surface area contributed by atoms with Gasteiger partial charge in [-0.2, -0.15) is 0 Å². The van der Waals surface area contributed by atoms with Crippen LogP contribution in [-0.2, 0) is 4.79 Å². The molecule has 1 N–H and O–H groups in total. The highest BCUT2D eigenvalue weighted by Gasteiger charge is 2.18. The summed E-state index contributed by atoms with van der Waals surface area (Å²) in [6.07, 6.45) is 0. The van der Waals surface area contributed by atoms with Gasteiger partial charge in [-0.25, -0.2) is 0 Å². The number of rotatable bonds is 8. The van der Waals surface area contributed by atoms with E-state index in [1.807, 2.05) is 78.2 Å². The van der Waals surface area contributed by atoms with Crippen molar-refractivity contribution in [2.24, 2.45) is 0 Å². The summed E-state index contributed by atoms with van der Waals surface area (Å²) < 4.78 is 7.28. The molecule has 0 bridgehead atoms. The molecule has 0 aliphatic heterocycles. The van der Waals surface area contributed by atoms with Crippen molar-refractivity contribution in [3.8, 4) is 22.8 Å². The predicted octanol–water partition coefficient (Wildman–Crippen LogP) is 6.11. The first-order chi connectivity index (χ1) is 16.4. The second-order valence-corrected chi connectivity index (χ2v) is 9.27. The van der Waals surface area contributed by atoms with Crippen LogP contribution in [-0.4, -0.2) is 33.5 Å². The first-order valence-corrected chi connectivity index (χ1v) is 12.1. The number of anilines is 1. The molecular formula is C27H28N4O2S. The second kappa shape index (κ2) is 10.6. The zero-order valence-corrected chi connectivity index (χ0v) is 20.6. The zero-order chi connectivity index (χ0) is 24.1. The van der Waals surface area contributed by atoms with Gasteiger partial charge in [-0.3, -0.25) is 9.36 Å². The second-order valence-electron chi connectivity index (χ2n) is 8.32. The van der Waals surface area contributed by atoms with Gasteiger partial charge in [0, 0.05) is 16.9 Å². The summed E-state index contributed by atoms with van der Waals surface area (Å²) in [5, 5.41) is 12.5. The van der Waals surface area contributed by atoms with Crippen molar-refractivity contribution in [3.05, 3.63) is 83.9 Å². The maximum atomic E-state index is 12.7. The van der Waals surface area contributed by atoms with E-state index in [0.717, 1.165) is 34.1 Å². The highest BCUT2D eigenvalue weighted by molar-refractivity contribution is 7.99. The fraction of sp³-hybridized carbons (Fsp3) is 0.222. The number of hydrogen-bond acceptors (Lipinski definition) is 5. The van der Waals surface area contributed by atoms with Crippen molar-refractivity contribution >= 4 is 23.4 Å². The van der Waals surface area contributed by atoms with E-state index < -0.39 is 0 Å². The van der Waals surface area contributed by atoms with Crippen molar-refractivity contribution < 1.29 is 9.53 Å². The third kappa shape index (κ3) is 5.48. The summed E-state index contributed by atoms with van der Waals surface area (Å²) >= 11 is 1.35. The maximum absolute atomic E-state index is 12.7. The molecule has 3 aromatic carbocycles. The lowest BCUT2D eigenvalue weighted by molar-refractivity contribution is -0.113. The van der Waals surface area contributed by atoms with Crippen molar-refractivity contribution in [1.29, 1.82) is 0 Å². The Balaban J connectivity index is 1.56. The topological polar surface area (TPSA) is 69.0 Å². The van der Waals surface area contributed by atoms with Gasteiger partial charge in [0.25, 0.3) is 0 Å². The number of carbonyl (C=O) groups is 1. The Kier molecular flexibility index (Phi) is 7.33. The van der Waals surface area contributed by atoms with Crippen LogP contribution in [0.2, 0.25) is 0 Å². The van der Waals surface area contributed by atoms with E-state index in [2.05, 4.69) is 35.4 Å². The SMILES string of the molecule is COc1ccc(-n2c(SCC(=O)Nc3ccc(C(C)C)cc3)nnc2-c2cccc(C)c2)cc1. The Hall–Kier alpha value is -3.58. The molecule has 0 saturated carbocycles. The number of carbonyl (C=O) groups excluding carboxylic acids is 1. The van der Waals surface area contributed by atoms with Gasteiger partial charge < -0.3 is 10.1 Å². The standard InChI is InChI=1S/C27H28N4O2S/c1-18(2)20-8-10-22(11-9-20)28-25(32)17-34-27-30-29-26(21-7-5-6-19(3)16-21)31(27)23-12-14-24(33-4)15-13-23/h5-16,18H,17H2,1-4H3,(H,28,32). The molecule has 4 aromatic rings. The Morgan fingerprint density at radius 2 is 1.76 bits per heavy atom. The number of thioether (sulfide) groups is 1. The average Bonchev–Trinajstić information content (AvgIpc) is 3.27. The van der Waals surface area contributed by atoms with E-state index in [0.29, 0.717) is 11.1 Å². The monoisotopic (exact) mass is 472 g/mol. The van der Waals surface area contributed by atoms with E-state index in [9.17, 15) is 4.79 Å². The van der Waals surface area contributed by atoms with Gasteiger partial charge in [-0.05, 0) is 60.9 Å². The Bertz CT molecular complexity index is 1260. The number of ether oxygens (including phenoxy) is 1. The number of amides is 1. The first-order valence-electron chi connectivity index (χ1n) is 11.1. The number of benzene rings is 3. The molecule has 6 nitrogen and oxygen atoms in total. The van der Waals surface area contributed by atoms with Crippen LogP contribution in [0, 0.1) is 6.92 Å². The van der Waals surface area contributed by atoms with E-state index in [-0.39, 0.29) is 11.7 Å². The van der Waals surface area contributed by atoms with Gasteiger partial charge in [0.1, 0.15) is 5.75 Å². The van der Waals surface area contributed by atoms with Gasteiger partial charge in [0.2, 0.25) is 5.91 Å². The molecule has 0 radical (unpaired) electrons. The van der Waals surface area contributed by atoms with Crippen LogP contribution in [0.15, 0.2) is 78.0 Å². The molecule has 0 unspecified atom stereocenters. The minimum atomic E-state index is -0.0938. The van der Waals surface area contributed by atoms with E-state index in [1.54, 1.807) is 7.11 Å². The molecule has 1 heterocycles. The van der Waals surface area contributed by atoms with Crippen LogP contribution in [0.5, 0.6) is 5.75 Å². The third-order valence-electron chi connectivity index (χ3n) is 5.43. The van der Waals surface area contributed by atoms with Gasteiger partial charge in [0.05, 0.1) is 12.9 Å². The molecule has 0 saturated heterocycles. The summed E-state index contributed by atoms with van der Waals surface area (Å²) in [6, 6.07) is 23.8. The van der Waals surface area contributed by atoms with Crippen LogP contribution in [0.25, 0.3) is 17.1 Å². The van der Waals surface area contributed by atoms with E-state index >= 15 is 0 Å². The fourth-order valence-electron chi connectivity index (χ4n) is 3.58. The molecule has 1 aromatic heterocycles. The number of nitrogens with one attached hydrogen (secondary N) is 1. The van der Waals surface area contributed by atoms with Crippen LogP contribution >= 0.6 is 11.8 Å². The lowest BCUT2D eigenvalue weighted by atomic mass is 10.0. The minimum Gasteiger partial charge on any atom is -0.497 e. The summed E-state index contributed by atoms with van der Waals surface area (Å²) in [5.74, 6) is 2.07. The van der Waals surface area contributed by atoms with Crippen LogP contribution in [0.3, 0.4) is 0 Å². The quantitative estimate of drug-likeness (QED) is 0.314. The zero-order valence-electron chi connectivity index (χ0n) is 19.8. The smallest absolute Gasteiger partial charge is 0.234 e. The molecule has 1 amide bonds. The molecule has 0 atom stereocenters. The number of aromatic nitrogens is 3. The van der Waals surface area contributed by atoms with Crippen LogP contribution < -0.4 is 10.1 Å². The molecule has 4 rings (SSSR count). The Morgan fingerprint density at radius 1 is 1.03 bits per heavy atom. The van der Waals surface area contributed by atoms with Gasteiger partial charge in [-0.15, -0.1) is 10.2 Å². The third-order valence-corrected chi connectivity index (χ3v) is 6.36. The number of hydrogen-bond donors (Lipinski definition) is 1.